The van der Waals surface area contributed by atoms with Crippen LogP contribution in [0.2, 0.25) is 0 Å². The summed E-state index contributed by atoms with van der Waals surface area (Å²) in [6, 6.07) is 9.11. The summed E-state index contributed by atoms with van der Waals surface area (Å²) in [7, 11) is 0. The topological polar surface area (TPSA) is 42.0 Å². The van der Waals surface area contributed by atoms with Crippen LogP contribution < -0.4 is 9.47 Å². The van der Waals surface area contributed by atoms with Gasteiger partial charge < -0.3 is 14.4 Å². The van der Waals surface area contributed by atoms with Gasteiger partial charge in [0.15, 0.2) is 11.5 Å². The van der Waals surface area contributed by atoms with Gasteiger partial charge in [0.05, 0.1) is 6.61 Å². The number of amides is 1. The molecule has 6 heteroatoms. The summed E-state index contributed by atoms with van der Waals surface area (Å²) in [5, 5.41) is 0. The zero-order valence-electron chi connectivity index (χ0n) is 18.4. The number of likely N-dealkylation sites (tertiary alicyclic amines) is 1. The first-order chi connectivity index (χ1) is 15.0. The third-order valence-electron chi connectivity index (χ3n) is 6.09. The van der Waals surface area contributed by atoms with Crippen LogP contribution in [0.25, 0.3) is 10.4 Å². The molecule has 0 atom stereocenters. The van der Waals surface area contributed by atoms with E-state index in [4.69, 9.17) is 15.9 Å². The second kappa shape index (κ2) is 9.76. The molecule has 1 aromatic heterocycles. The number of thiophene rings is 1. The molecule has 0 radical (unpaired) electrons. The number of aryl methyl sites for hydroxylation is 1. The Kier molecular flexibility index (Phi) is 6.84. The summed E-state index contributed by atoms with van der Waals surface area (Å²) in [6.07, 6.45) is 7.99. The third kappa shape index (κ3) is 5.06. The van der Waals surface area contributed by atoms with Crippen LogP contribution >= 0.6 is 11.3 Å². The highest BCUT2D eigenvalue weighted by Crippen LogP contribution is 2.40. The lowest BCUT2D eigenvalue weighted by Gasteiger charge is -2.37. The van der Waals surface area contributed by atoms with E-state index in [1.165, 1.54) is 9.75 Å². The Morgan fingerprint density at radius 2 is 2.10 bits per heavy atom. The minimum absolute atomic E-state index is 0.174. The van der Waals surface area contributed by atoms with Crippen molar-refractivity contribution in [1.29, 1.82) is 0 Å². The quantitative estimate of drug-likeness (QED) is 0.515. The third-order valence-corrected chi connectivity index (χ3v) is 7.13. The number of benzene rings is 1. The van der Waals surface area contributed by atoms with E-state index in [9.17, 15) is 4.79 Å². The molecule has 0 aliphatic carbocycles. The molecule has 4 rings (SSSR count). The number of terminal acetylenes is 1. The van der Waals surface area contributed by atoms with Crippen LogP contribution in [0.3, 0.4) is 0 Å². The minimum Gasteiger partial charge on any atom is -0.489 e. The molecular formula is C25H30N2O3S. The molecule has 0 spiro atoms. The van der Waals surface area contributed by atoms with E-state index in [0.29, 0.717) is 25.7 Å². The highest BCUT2D eigenvalue weighted by Gasteiger charge is 2.29. The first-order valence-electron chi connectivity index (χ1n) is 11.0. The highest BCUT2D eigenvalue weighted by atomic mass is 32.1. The van der Waals surface area contributed by atoms with E-state index in [1.54, 1.807) is 18.3 Å². The van der Waals surface area contributed by atoms with Gasteiger partial charge in [0.2, 0.25) is 5.91 Å². The average molecular weight is 439 g/mol. The van der Waals surface area contributed by atoms with Gasteiger partial charge in [0.25, 0.3) is 0 Å². The summed E-state index contributed by atoms with van der Waals surface area (Å²) in [5.41, 5.74) is 2.31. The largest absolute Gasteiger partial charge is 0.489 e. The molecule has 2 aliphatic rings. The number of carbonyl (C=O) groups excluding carboxylic acids is 1. The van der Waals surface area contributed by atoms with Crippen LogP contribution in [0, 0.1) is 19.3 Å². The van der Waals surface area contributed by atoms with Crippen molar-refractivity contribution in [2.45, 2.75) is 45.7 Å². The lowest BCUT2D eigenvalue weighted by atomic mass is 10.0. The van der Waals surface area contributed by atoms with Crippen LogP contribution in [0.5, 0.6) is 11.5 Å². The van der Waals surface area contributed by atoms with Crippen molar-refractivity contribution in [2.24, 2.45) is 0 Å². The van der Waals surface area contributed by atoms with E-state index in [0.717, 1.165) is 61.6 Å². The summed E-state index contributed by atoms with van der Waals surface area (Å²) in [6.45, 7) is 8.25. The van der Waals surface area contributed by atoms with Crippen molar-refractivity contribution in [3.63, 3.8) is 0 Å². The maximum atomic E-state index is 11.7. The number of carbonyl (C=O) groups is 1. The van der Waals surface area contributed by atoms with Crippen molar-refractivity contribution in [1.82, 2.24) is 9.80 Å². The molecule has 2 aromatic rings. The number of hydrogen-bond donors (Lipinski definition) is 0. The predicted molar refractivity (Wildman–Crippen MR) is 125 cm³/mol. The van der Waals surface area contributed by atoms with Gasteiger partial charge in [0.1, 0.15) is 6.61 Å². The molecule has 1 amide bonds. The molecule has 5 nitrogen and oxygen atoms in total. The maximum absolute atomic E-state index is 11.7. The van der Waals surface area contributed by atoms with E-state index >= 15 is 0 Å². The standard InChI is InChI=1S/C25H30N2O3S/c1-4-5-13-29-23-16-20(24-7-6-18(2)31-24)15-21-17-27(12-14-30-25(21)23)22-8-10-26(11-9-22)19(3)28/h1,6-7,15-16,22H,5,8-14,17H2,2-3H3. The number of rotatable bonds is 5. The number of nitrogens with zero attached hydrogens (tertiary/aromatic N) is 2. The van der Waals surface area contributed by atoms with Crippen LogP contribution in [-0.4, -0.2) is 54.6 Å². The molecule has 3 heterocycles. The number of ether oxygens (including phenoxy) is 2. The van der Waals surface area contributed by atoms with Crippen molar-refractivity contribution >= 4 is 17.2 Å². The fraction of sp³-hybridized carbons (Fsp3) is 0.480. The smallest absolute Gasteiger partial charge is 0.219 e. The van der Waals surface area contributed by atoms with Crippen molar-refractivity contribution < 1.29 is 14.3 Å². The normalized spacial score (nSPS) is 17.4. The van der Waals surface area contributed by atoms with Crippen LogP contribution in [0.15, 0.2) is 24.3 Å². The molecule has 1 aromatic carbocycles. The van der Waals surface area contributed by atoms with Crippen molar-refractivity contribution in [3.05, 3.63) is 34.7 Å². The summed E-state index contributed by atoms with van der Waals surface area (Å²) in [5.74, 6) is 4.44. The van der Waals surface area contributed by atoms with E-state index in [1.807, 2.05) is 4.90 Å². The Balaban J connectivity index is 1.60. The molecule has 1 fully saturated rings. The maximum Gasteiger partial charge on any atom is 0.219 e. The van der Waals surface area contributed by atoms with E-state index in [-0.39, 0.29) is 5.91 Å². The Morgan fingerprint density at radius 3 is 2.77 bits per heavy atom. The first kappa shape index (κ1) is 21.7. The molecule has 0 saturated carbocycles. The van der Waals surface area contributed by atoms with Gasteiger partial charge in [-0.25, -0.2) is 0 Å². The number of hydrogen-bond acceptors (Lipinski definition) is 5. The molecule has 1 saturated heterocycles. The van der Waals surface area contributed by atoms with Gasteiger partial charge in [-0.15, -0.1) is 23.7 Å². The molecule has 0 unspecified atom stereocenters. The monoisotopic (exact) mass is 438 g/mol. The fourth-order valence-electron chi connectivity index (χ4n) is 4.42. The molecule has 31 heavy (non-hydrogen) atoms. The Hall–Kier alpha value is -2.49. The number of fused-ring (bicyclic) bond motifs is 1. The van der Waals surface area contributed by atoms with Crippen LogP contribution in [-0.2, 0) is 11.3 Å². The predicted octanol–water partition coefficient (Wildman–Crippen LogP) is 4.33. The molecule has 2 aliphatic heterocycles. The van der Waals surface area contributed by atoms with Gasteiger partial charge in [-0.05, 0) is 49.6 Å². The summed E-state index contributed by atoms with van der Waals surface area (Å²) >= 11 is 1.79. The second-order valence-corrected chi connectivity index (χ2v) is 9.52. The summed E-state index contributed by atoms with van der Waals surface area (Å²) in [4.78, 5) is 18.7. The lowest BCUT2D eigenvalue weighted by Crippen LogP contribution is -2.46. The van der Waals surface area contributed by atoms with Crippen LogP contribution in [0.1, 0.15) is 36.6 Å². The van der Waals surface area contributed by atoms with E-state index < -0.39 is 0 Å². The van der Waals surface area contributed by atoms with Gasteiger partial charge in [-0.2, -0.15) is 0 Å². The fourth-order valence-corrected chi connectivity index (χ4v) is 5.28. The Labute approximate surface area is 188 Å². The van der Waals surface area contributed by atoms with Gasteiger partial charge in [-0.3, -0.25) is 9.69 Å². The van der Waals surface area contributed by atoms with Crippen LogP contribution in [0.4, 0.5) is 0 Å². The van der Waals surface area contributed by atoms with Gasteiger partial charge >= 0.3 is 0 Å². The molecular weight excluding hydrogens is 408 g/mol. The molecule has 164 valence electrons. The lowest BCUT2D eigenvalue weighted by molar-refractivity contribution is -0.130. The minimum atomic E-state index is 0.174. The highest BCUT2D eigenvalue weighted by molar-refractivity contribution is 7.15. The SMILES string of the molecule is C#CCCOc1cc(-c2ccc(C)s2)cc2c1OCCN(C1CCN(C(C)=O)CC1)C2. The average Bonchev–Trinajstić information content (AvgIpc) is 3.08. The van der Waals surface area contributed by atoms with E-state index in [2.05, 4.69) is 42.0 Å². The Morgan fingerprint density at radius 1 is 1.29 bits per heavy atom. The number of piperidine rings is 1. The van der Waals surface area contributed by atoms with Crippen molar-refractivity contribution in [2.75, 3.05) is 32.8 Å². The second-order valence-electron chi connectivity index (χ2n) is 8.23. The summed E-state index contributed by atoms with van der Waals surface area (Å²) < 4.78 is 12.3. The van der Waals surface area contributed by atoms with Gasteiger partial charge in [-0.1, -0.05) is 0 Å². The Bertz CT molecular complexity index is 970. The van der Waals surface area contributed by atoms with Crippen molar-refractivity contribution in [3.8, 4) is 34.3 Å². The first-order valence-corrected chi connectivity index (χ1v) is 11.8. The van der Waals surface area contributed by atoms with Gasteiger partial charge in [0, 0.05) is 60.9 Å². The zero-order valence-corrected chi connectivity index (χ0v) is 19.2. The zero-order chi connectivity index (χ0) is 21.8. The molecule has 0 N–H and O–H groups in total. The molecule has 0 bridgehead atoms.